The van der Waals surface area contributed by atoms with Crippen molar-refractivity contribution in [2.45, 2.75) is 19.3 Å². The van der Waals surface area contributed by atoms with E-state index in [0.29, 0.717) is 22.8 Å². The molecule has 0 saturated carbocycles. The van der Waals surface area contributed by atoms with E-state index in [-0.39, 0.29) is 30.4 Å². The van der Waals surface area contributed by atoms with E-state index in [9.17, 15) is 26.4 Å². The van der Waals surface area contributed by atoms with Crippen LogP contribution in [0.3, 0.4) is 0 Å². The molecule has 1 aliphatic heterocycles. The van der Waals surface area contributed by atoms with E-state index in [1.807, 2.05) is 22.6 Å². The number of nitrogens with one attached hydrogen (secondary N) is 2. The van der Waals surface area contributed by atoms with E-state index >= 15 is 0 Å². The van der Waals surface area contributed by atoms with Crippen molar-refractivity contribution in [2.24, 2.45) is 5.92 Å². The van der Waals surface area contributed by atoms with Gasteiger partial charge in [-0.2, -0.15) is 12.7 Å². The first kappa shape index (κ1) is 22.8. The highest BCUT2D eigenvalue weighted by Gasteiger charge is 2.29. The predicted octanol–water partition coefficient (Wildman–Crippen LogP) is 4.41. The summed E-state index contributed by atoms with van der Waals surface area (Å²) >= 11 is 1.90. The van der Waals surface area contributed by atoms with Gasteiger partial charge >= 0.3 is 10.2 Å². The van der Waals surface area contributed by atoms with Gasteiger partial charge in [-0.05, 0) is 71.7 Å². The zero-order valence-corrected chi connectivity index (χ0v) is 18.6. The van der Waals surface area contributed by atoms with Crippen molar-refractivity contribution in [3.8, 4) is 0 Å². The number of benzene rings is 2. The van der Waals surface area contributed by atoms with Crippen molar-refractivity contribution in [2.75, 3.05) is 23.1 Å². The van der Waals surface area contributed by atoms with Gasteiger partial charge in [0.2, 0.25) is 0 Å². The average Bonchev–Trinajstić information content (AvgIpc) is 2.70. The molecule has 0 aromatic heterocycles. The molecule has 0 aliphatic carbocycles. The lowest BCUT2D eigenvalue weighted by Crippen LogP contribution is -2.41. The summed E-state index contributed by atoms with van der Waals surface area (Å²) in [7, 11) is -4.07. The second-order valence-corrected chi connectivity index (χ2v) is 9.80. The number of piperidine rings is 1. The monoisotopic (exact) mass is 553 g/mol. The van der Waals surface area contributed by atoms with E-state index in [2.05, 4.69) is 10.0 Å². The van der Waals surface area contributed by atoms with Crippen LogP contribution in [0.1, 0.15) is 19.3 Å². The fourth-order valence-corrected chi connectivity index (χ4v) is 4.93. The van der Waals surface area contributed by atoms with Gasteiger partial charge in [0.1, 0.15) is 17.8 Å². The molecule has 0 radical (unpaired) electrons. The molecule has 3 rings (SSSR count). The molecule has 162 valence electrons. The third-order valence-electron chi connectivity index (χ3n) is 4.87. The first-order chi connectivity index (χ1) is 14.2. The fraction of sp³-hybridized carbons (Fsp3) is 0.316. The Morgan fingerprint density at radius 3 is 2.37 bits per heavy atom. The number of carbonyl (C=O) groups excluding carboxylic acids is 1. The summed E-state index contributed by atoms with van der Waals surface area (Å²) in [5, 5.41) is 2.45. The average molecular weight is 553 g/mol. The molecule has 0 bridgehead atoms. The molecule has 0 atom stereocenters. The SMILES string of the molecule is O=CCC1CCN(S(=O)(=O)Nc2ccc(F)c(F)c2Nc2ccc(I)cc2F)CC1. The zero-order chi connectivity index (χ0) is 21.9. The highest BCUT2D eigenvalue weighted by atomic mass is 127. The Hall–Kier alpha value is -1.86. The van der Waals surface area contributed by atoms with Crippen LogP contribution in [0.15, 0.2) is 30.3 Å². The number of nitrogens with zero attached hydrogens (tertiary/aromatic N) is 1. The van der Waals surface area contributed by atoms with Crippen LogP contribution in [-0.2, 0) is 15.0 Å². The number of carbonyl (C=O) groups is 1. The van der Waals surface area contributed by atoms with Crippen LogP contribution in [0.25, 0.3) is 0 Å². The van der Waals surface area contributed by atoms with Crippen molar-refractivity contribution in [3.63, 3.8) is 0 Å². The summed E-state index contributed by atoms with van der Waals surface area (Å²) in [5.41, 5.74) is -0.897. The maximum atomic E-state index is 14.5. The summed E-state index contributed by atoms with van der Waals surface area (Å²) in [6.45, 7) is 0.401. The second-order valence-electron chi connectivity index (χ2n) is 6.88. The fourth-order valence-electron chi connectivity index (χ4n) is 3.21. The summed E-state index contributed by atoms with van der Waals surface area (Å²) in [4.78, 5) is 10.6. The van der Waals surface area contributed by atoms with Crippen molar-refractivity contribution in [1.29, 1.82) is 0 Å². The summed E-state index contributed by atoms with van der Waals surface area (Å²) in [6.07, 6.45) is 2.24. The minimum Gasteiger partial charge on any atom is -0.349 e. The molecule has 2 aromatic carbocycles. The lowest BCUT2D eigenvalue weighted by Gasteiger charge is -2.30. The zero-order valence-electron chi connectivity index (χ0n) is 15.7. The van der Waals surface area contributed by atoms with Gasteiger partial charge < -0.3 is 10.1 Å². The van der Waals surface area contributed by atoms with Crippen molar-refractivity contribution >= 4 is 56.1 Å². The molecule has 0 amide bonds. The van der Waals surface area contributed by atoms with Crippen LogP contribution >= 0.6 is 22.6 Å². The van der Waals surface area contributed by atoms with Crippen LogP contribution in [0.4, 0.5) is 30.2 Å². The van der Waals surface area contributed by atoms with Gasteiger partial charge in [-0.15, -0.1) is 0 Å². The number of aldehydes is 1. The first-order valence-corrected chi connectivity index (χ1v) is 11.6. The third-order valence-corrected chi connectivity index (χ3v) is 7.06. The van der Waals surface area contributed by atoms with Gasteiger partial charge in [-0.3, -0.25) is 4.72 Å². The number of halogens is 4. The van der Waals surface area contributed by atoms with E-state index in [4.69, 9.17) is 0 Å². The third kappa shape index (κ3) is 5.24. The summed E-state index contributed by atoms with van der Waals surface area (Å²) < 4.78 is 72.0. The van der Waals surface area contributed by atoms with E-state index in [1.165, 1.54) is 16.4 Å². The molecule has 1 fully saturated rings. The standard InChI is InChI=1S/C19H19F3IN3O3S/c20-14-2-4-17(19(18(14)22)24-16-3-1-13(23)11-15(16)21)25-30(28,29)26-8-5-12(6-9-26)7-10-27/h1-4,10-12,24-25H,5-9H2. The largest absolute Gasteiger partial charge is 0.349 e. The molecule has 2 aromatic rings. The molecule has 1 heterocycles. The first-order valence-electron chi connectivity index (χ1n) is 9.13. The number of hydrogen-bond donors (Lipinski definition) is 2. The maximum Gasteiger partial charge on any atom is 0.301 e. The van der Waals surface area contributed by atoms with Crippen molar-refractivity contribution in [1.82, 2.24) is 4.31 Å². The Labute approximate surface area is 186 Å². The van der Waals surface area contributed by atoms with Crippen LogP contribution in [0, 0.1) is 26.9 Å². The van der Waals surface area contributed by atoms with E-state index in [0.717, 1.165) is 18.4 Å². The lowest BCUT2D eigenvalue weighted by atomic mass is 9.95. The molecular formula is C19H19F3IN3O3S. The second kappa shape index (κ2) is 9.52. The highest BCUT2D eigenvalue weighted by molar-refractivity contribution is 14.1. The molecule has 11 heteroatoms. The number of anilines is 3. The van der Waals surface area contributed by atoms with Gasteiger partial charge in [0.05, 0.1) is 11.4 Å². The summed E-state index contributed by atoms with van der Waals surface area (Å²) in [6, 6.07) is 5.97. The molecule has 2 N–H and O–H groups in total. The molecule has 6 nitrogen and oxygen atoms in total. The van der Waals surface area contributed by atoms with Crippen LogP contribution in [-0.4, -0.2) is 32.1 Å². The molecule has 0 unspecified atom stereocenters. The number of hydrogen-bond acceptors (Lipinski definition) is 4. The van der Waals surface area contributed by atoms with Gasteiger partial charge in [0.15, 0.2) is 11.6 Å². The summed E-state index contributed by atoms with van der Waals surface area (Å²) in [5.74, 6) is -3.12. The lowest BCUT2D eigenvalue weighted by molar-refractivity contribution is -0.108. The smallest absolute Gasteiger partial charge is 0.301 e. The number of rotatable bonds is 7. The molecule has 30 heavy (non-hydrogen) atoms. The quantitative estimate of drug-likeness (QED) is 0.394. The minimum absolute atomic E-state index is 0.123. The van der Waals surface area contributed by atoms with E-state index < -0.39 is 33.3 Å². The van der Waals surface area contributed by atoms with Crippen molar-refractivity contribution in [3.05, 3.63) is 51.4 Å². The van der Waals surface area contributed by atoms with Gasteiger partial charge in [0.25, 0.3) is 0 Å². The van der Waals surface area contributed by atoms with Crippen LogP contribution in [0.5, 0.6) is 0 Å². The Balaban J connectivity index is 1.85. The highest BCUT2D eigenvalue weighted by Crippen LogP contribution is 2.33. The van der Waals surface area contributed by atoms with Gasteiger partial charge in [-0.25, -0.2) is 13.2 Å². The molecule has 0 spiro atoms. The molecule has 1 saturated heterocycles. The molecular weight excluding hydrogens is 534 g/mol. The predicted molar refractivity (Wildman–Crippen MR) is 116 cm³/mol. The Kier molecular flexibility index (Phi) is 7.24. The maximum absolute atomic E-state index is 14.5. The topological polar surface area (TPSA) is 78.5 Å². The van der Waals surface area contributed by atoms with Crippen LogP contribution < -0.4 is 10.0 Å². The minimum atomic E-state index is -4.07. The van der Waals surface area contributed by atoms with Gasteiger partial charge in [0, 0.05) is 23.1 Å². The van der Waals surface area contributed by atoms with Crippen LogP contribution in [0.2, 0.25) is 0 Å². The van der Waals surface area contributed by atoms with E-state index in [1.54, 1.807) is 6.07 Å². The molecule has 1 aliphatic rings. The van der Waals surface area contributed by atoms with Gasteiger partial charge in [-0.1, -0.05) is 0 Å². The normalized spacial score (nSPS) is 15.7. The van der Waals surface area contributed by atoms with Crippen molar-refractivity contribution < 1.29 is 26.4 Å². The Morgan fingerprint density at radius 2 is 1.73 bits per heavy atom. The Bertz CT molecular complexity index is 1040. The Morgan fingerprint density at radius 1 is 1.07 bits per heavy atom.